The van der Waals surface area contributed by atoms with Gasteiger partial charge in [0.1, 0.15) is 5.82 Å². The van der Waals surface area contributed by atoms with E-state index in [0.717, 1.165) is 5.56 Å². The number of rotatable bonds is 5. The van der Waals surface area contributed by atoms with Gasteiger partial charge in [-0.2, -0.15) is 0 Å². The molecule has 0 bridgehead atoms. The number of carbonyl (C=O) groups excluding carboxylic acids is 1. The molecular weight excluding hydrogens is 315 g/mol. The van der Waals surface area contributed by atoms with Crippen molar-refractivity contribution in [1.82, 2.24) is 4.57 Å². The van der Waals surface area contributed by atoms with Crippen molar-refractivity contribution in [3.05, 3.63) is 89.5 Å². The van der Waals surface area contributed by atoms with Gasteiger partial charge in [0.2, 0.25) is 5.91 Å². The number of aryl methyl sites for hydroxylation is 2. The van der Waals surface area contributed by atoms with Crippen LogP contribution < -0.4 is 5.32 Å². The Balaban J connectivity index is 1.80. The van der Waals surface area contributed by atoms with Gasteiger partial charge >= 0.3 is 0 Å². The number of nitrogens with one attached hydrogen (secondary N) is 1. The fourth-order valence-electron chi connectivity index (χ4n) is 2.88. The molecule has 1 amide bonds. The Morgan fingerprint density at radius 3 is 2.40 bits per heavy atom. The number of halogens is 1. The number of hydrogen-bond acceptors (Lipinski definition) is 1. The van der Waals surface area contributed by atoms with Crippen LogP contribution in [0.3, 0.4) is 0 Å². The molecule has 0 aliphatic rings. The van der Waals surface area contributed by atoms with Crippen LogP contribution in [0.15, 0.2) is 67.0 Å². The second kappa shape index (κ2) is 7.34. The molecule has 0 fully saturated rings. The lowest BCUT2D eigenvalue weighted by Crippen LogP contribution is -2.20. The van der Waals surface area contributed by atoms with Gasteiger partial charge in [0.15, 0.2) is 0 Å². The van der Waals surface area contributed by atoms with Crippen molar-refractivity contribution < 1.29 is 9.18 Å². The Morgan fingerprint density at radius 2 is 1.76 bits per heavy atom. The summed E-state index contributed by atoms with van der Waals surface area (Å²) < 4.78 is 15.2. The average Bonchev–Trinajstić information content (AvgIpc) is 3.10. The molecule has 1 heterocycles. The van der Waals surface area contributed by atoms with E-state index in [1.165, 1.54) is 17.7 Å². The highest BCUT2D eigenvalue weighted by Crippen LogP contribution is 2.24. The van der Waals surface area contributed by atoms with Gasteiger partial charge in [0, 0.05) is 18.1 Å². The van der Waals surface area contributed by atoms with Crippen LogP contribution in [-0.4, -0.2) is 10.5 Å². The predicted octanol–water partition coefficient (Wildman–Crippen LogP) is 4.86. The molecule has 3 rings (SSSR count). The Labute approximate surface area is 147 Å². The minimum absolute atomic E-state index is 0.0867. The van der Waals surface area contributed by atoms with Crippen LogP contribution >= 0.6 is 0 Å². The molecule has 2 aromatic carbocycles. The monoisotopic (exact) mass is 336 g/mol. The Kier molecular flexibility index (Phi) is 4.98. The number of aromatic nitrogens is 1. The summed E-state index contributed by atoms with van der Waals surface area (Å²) in [6.07, 6.45) is 4.22. The normalized spacial score (nSPS) is 12.0. The van der Waals surface area contributed by atoms with E-state index >= 15 is 0 Å². The van der Waals surface area contributed by atoms with Gasteiger partial charge in [0.25, 0.3) is 0 Å². The first-order valence-electron chi connectivity index (χ1n) is 8.28. The summed E-state index contributed by atoms with van der Waals surface area (Å²) >= 11 is 0. The van der Waals surface area contributed by atoms with Crippen LogP contribution in [0.1, 0.15) is 29.2 Å². The van der Waals surface area contributed by atoms with Crippen molar-refractivity contribution in [2.45, 2.75) is 26.3 Å². The van der Waals surface area contributed by atoms with Crippen molar-refractivity contribution in [2.75, 3.05) is 5.32 Å². The van der Waals surface area contributed by atoms with Crippen molar-refractivity contribution in [3.63, 3.8) is 0 Å². The molecule has 1 aromatic heterocycles. The first kappa shape index (κ1) is 17.0. The number of hydrogen-bond donors (Lipinski definition) is 1. The molecule has 0 saturated carbocycles. The average molecular weight is 336 g/mol. The number of anilines is 1. The molecule has 0 radical (unpaired) electrons. The third kappa shape index (κ3) is 4.15. The molecule has 0 spiro atoms. The highest BCUT2D eigenvalue weighted by Gasteiger charge is 2.18. The van der Waals surface area contributed by atoms with Crippen LogP contribution in [0.5, 0.6) is 0 Å². The van der Waals surface area contributed by atoms with Crippen LogP contribution in [0.25, 0.3) is 0 Å². The van der Waals surface area contributed by atoms with Gasteiger partial charge < -0.3 is 9.88 Å². The molecule has 128 valence electrons. The maximum Gasteiger partial charge on any atom is 0.226 e. The summed E-state index contributed by atoms with van der Waals surface area (Å²) in [4.78, 5) is 12.6. The minimum atomic E-state index is -0.305. The number of amides is 1. The number of carbonyl (C=O) groups is 1. The molecule has 1 unspecified atom stereocenters. The highest BCUT2D eigenvalue weighted by atomic mass is 19.1. The molecule has 0 aliphatic carbocycles. The molecule has 3 aromatic rings. The van der Waals surface area contributed by atoms with Gasteiger partial charge in [-0.3, -0.25) is 4.79 Å². The van der Waals surface area contributed by atoms with Crippen LogP contribution in [0.2, 0.25) is 0 Å². The fourth-order valence-corrected chi connectivity index (χ4v) is 2.88. The fraction of sp³-hybridized carbons (Fsp3) is 0.190. The smallest absolute Gasteiger partial charge is 0.226 e. The van der Waals surface area contributed by atoms with E-state index in [2.05, 4.69) is 17.4 Å². The van der Waals surface area contributed by atoms with Crippen molar-refractivity contribution in [2.24, 2.45) is 0 Å². The van der Waals surface area contributed by atoms with E-state index in [4.69, 9.17) is 0 Å². The largest absolute Gasteiger partial charge is 0.346 e. The summed E-state index contributed by atoms with van der Waals surface area (Å²) in [5.41, 5.74) is 3.61. The molecule has 0 aliphatic heterocycles. The molecule has 1 atom stereocenters. The van der Waals surface area contributed by atoms with E-state index in [-0.39, 0.29) is 17.8 Å². The first-order chi connectivity index (χ1) is 12.0. The molecule has 25 heavy (non-hydrogen) atoms. The lowest BCUT2D eigenvalue weighted by atomic mass is 10.0. The minimum Gasteiger partial charge on any atom is -0.346 e. The lowest BCUT2D eigenvalue weighted by Gasteiger charge is -2.20. The molecule has 1 N–H and O–H groups in total. The van der Waals surface area contributed by atoms with Gasteiger partial charge in [-0.15, -0.1) is 0 Å². The van der Waals surface area contributed by atoms with Crippen molar-refractivity contribution >= 4 is 11.6 Å². The van der Waals surface area contributed by atoms with Crippen LogP contribution in [0, 0.1) is 19.7 Å². The van der Waals surface area contributed by atoms with E-state index in [0.29, 0.717) is 17.7 Å². The number of nitrogens with zero attached hydrogens (tertiary/aromatic N) is 1. The maximum atomic E-state index is 13.2. The zero-order valence-electron chi connectivity index (χ0n) is 14.4. The number of benzene rings is 2. The van der Waals surface area contributed by atoms with Crippen molar-refractivity contribution in [3.8, 4) is 0 Å². The van der Waals surface area contributed by atoms with Crippen LogP contribution in [0.4, 0.5) is 10.1 Å². The lowest BCUT2D eigenvalue weighted by molar-refractivity contribution is -0.116. The van der Waals surface area contributed by atoms with E-state index < -0.39 is 0 Å². The van der Waals surface area contributed by atoms with Crippen molar-refractivity contribution in [1.29, 1.82) is 0 Å². The highest BCUT2D eigenvalue weighted by molar-refractivity contribution is 5.92. The van der Waals surface area contributed by atoms with Gasteiger partial charge in [0.05, 0.1) is 12.5 Å². The topological polar surface area (TPSA) is 34.0 Å². The summed E-state index contributed by atoms with van der Waals surface area (Å²) in [6, 6.07) is 16.4. The van der Waals surface area contributed by atoms with Gasteiger partial charge in [-0.1, -0.05) is 29.8 Å². The maximum absolute atomic E-state index is 13.2. The van der Waals surface area contributed by atoms with Crippen LogP contribution in [-0.2, 0) is 4.79 Å². The molecule has 3 nitrogen and oxygen atoms in total. The van der Waals surface area contributed by atoms with E-state index in [1.54, 1.807) is 13.0 Å². The first-order valence-corrected chi connectivity index (χ1v) is 8.28. The predicted molar refractivity (Wildman–Crippen MR) is 98.1 cm³/mol. The second-order valence-corrected chi connectivity index (χ2v) is 6.27. The summed E-state index contributed by atoms with van der Waals surface area (Å²) in [6.45, 7) is 3.82. The second-order valence-electron chi connectivity index (χ2n) is 6.27. The SMILES string of the molecule is Cc1ccc(C(CC(=O)Nc2ccc(F)cc2C)n2cccc2)cc1. The quantitative estimate of drug-likeness (QED) is 0.709. The Bertz CT molecular complexity index is 854. The summed E-state index contributed by atoms with van der Waals surface area (Å²) in [5, 5.41) is 2.89. The third-order valence-electron chi connectivity index (χ3n) is 4.29. The Hall–Kier alpha value is -2.88. The zero-order valence-corrected chi connectivity index (χ0v) is 14.4. The van der Waals surface area contributed by atoms with E-state index in [1.807, 2.05) is 48.1 Å². The summed E-state index contributed by atoms with van der Waals surface area (Å²) in [5.74, 6) is -0.408. The van der Waals surface area contributed by atoms with Gasteiger partial charge in [-0.25, -0.2) is 4.39 Å². The zero-order chi connectivity index (χ0) is 17.8. The third-order valence-corrected chi connectivity index (χ3v) is 4.29. The van der Waals surface area contributed by atoms with E-state index in [9.17, 15) is 9.18 Å². The molecular formula is C21H21FN2O. The Morgan fingerprint density at radius 1 is 1.08 bits per heavy atom. The van der Waals surface area contributed by atoms with Gasteiger partial charge in [-0.05, 0) is 55.3 Å². The molecule has 0 saturated heterocycles. The molecule has 4 heteroatoms. The standard InChI is InChI=1S/C21H21FN2O/c1-15-5-7-17(8-6-15)20(24-11-3-4-12-24)14-21(25)23-19-10-9-18(22)13-16(19)2/h3-13,20H,14H2,1-2H3,(H,23,25). The summed E-state index contributed by atoms with van der Waals surface area (Å²) in [7, 11) is 0.